The van der Waals surface area contributed by atoms with E-state index in [2.05, 4.69) is 0 Å². The van der Waals surface area contributed by atoms with Crippen molar-refractivity contribution in [1.29, 1.82) is 0 Å². The molecule has 82 valence electrons. The van der Waals surface area contributed by atoms with E-state index in [1.165, 1.54) is 10.6 Å². The zero-order valence-electron chi connectivity index (χ0n) is 8.31. The summed E-state index contributed by atoms with van der Waals surface area (Å²) in [6.45, 7) is -0.142. The number of pyridine rings is 1. The maximum atomic E-state index is 11.7. The van der Waals surface area contributed by atoms with Gasteiger partial charge in [0.1, 0.15) is 6.54 Å². The lowest BCUT2D eigenvalue weighted by Gasteiger charge is -2.08. The summed E-state index contributed by atoms with van der Waals surface area (Å²) in [5.74, 6) is -0.561. The van der Waals surface area contributed by atoms with E-state index in [9.17, 15) is 9.59 Å². The highest BCUT2D eigenvalue weighted by Gasteiger charge is 2.08. The van der Waals surface area contributed by atoms with Gasteiger partial charge in [-0.25, -0.2) is 0 Å². The van der Waals surface area contributed by atoms with Crippen LogP contribution in [0.1, 0.15) is 0 Å². The fourth-order valence-electron chi connectivity index (χ4n) is 1.61. The van der Waals surface area contributed by atoms with E-state index >= 15 is 0 Å². The molecule has 0 unspecified atom stereocenters. The first-order chi connectivity index (χ1) is 7.59. The lowest BCUT2D eigenvalue weighted by atomic mass is 10.2. The number of nitrogens with zero attached hydrogens (tertiary/aromatic N) is 1. The Labute approximate surface area is 96.2 Å². The average Bonchev–Trinajstić information content (AvgIpc) is 2.24. The fraction of sp³-hybridized carbons (Fsp3) is 0.0909. The third kappa shape index (κ3) is 1.79. The highest BCUT2D eigenvalue weighted by molar-refractivity contribution is 6.35. The van der Waals surface area contributed by atoms with Crippen molar-refractivity contribution in [2.45, 2.75) is 6.54 Å². The minimum absolute atomic E-state index is 0.142. The number of fused-ring (bicyclic) bond motifs is 1. The van der Waals surface area contributed by atoms with Crippen LogP contribution in [-0.2, 0) is 11.3 Å². The normalized spacial score (nSPS) is 10.6. The molecule has 1 amide bonds. The van der Waals surface area contributed by atoms with E-state index in [0.29, 0.717) is 10.5 Å². The molecular weight excluding hydrogens is 228 g/mol. The number of aromatic nitrogens is 1. The molecule has 0 aliphatic rings. The van der Waals surface area contributed by atoms with Gasteiger partial charge in [-0.05, 0) is 6.07 Å². The van der Waals surface area contributed by atoms with Crippen LogP contribution in [0, 0.1) is 0 Å². The minimum atomic E-state index is -0.561. The summed E-state index contributed by atoms with van der Waals surface area (Å²) >= 11 is 5.94. The topological polar surface area (TPSA) is 65.1 Å². The molecule has 0 aliphatic carbocycles. The van der Waals surface area contributed by atoms with Gasteiger partial charge in [-0.2, -0.15) is 0 Å². The molecular formula is C11H9ClN2O2. The predicted molar refractivity (Wildman–Crippen MR) is 62.4 cm³/mol. The van der Waals surface area contributed by atoms with Crippen molar-refractivity contribution in [3.63, 3.8) is 0 Å². The van der Waals surface area contributed by atoms with Gasteiger partial charge in [-0.3, -0.25) is 14.2 Å². The van der Waals surface area contributed by atoms with Crippen LogP contribution in [0.25, 0.3) is 10.9 Å². The van der Waals surface area contributed by atoms with E-state index < -0.39 is 5.91 Å². The van der Waals surface area contributed by atoms with Gasteiger partial charge in [0.05, 0.1) is 10.5 Å². The Hall–Kier alpha value is -1.81. The van der Waals surface area contributed by atoms with Crippen LogP contribution in [0.5, 0.6) is 0 Å². The molecule has 2 N–H and O–H groups in total. The Morgan fingerprint density at radius 3 is 2.75 bits per heavy atom. The first kappa shape index (κ1) is 10.7. The van der Waals surface area contributed by atoms with Crippen molar-refractivity contribution >= 4 is 28.4 Å². The number of rotatable bonds is 2. The van der Waals surface area contributed by atoms with Gasteiger partial charge in [0.2, 0.25) is 5.91 Å². The van der Waals surface area contributed by atoms with Crippen LogP contribution in [0.15, 0.2) is 35.1 Å². The minimum Gasteiger partial charge on any atom is -0.368 e. The van der Waals surface area contributed by atoms with E-state index in [0.717, 1.165) is 5.39 Å². The predicted octanol–water partition coefficient (Wildman–Crippen LogP) is 1.14. The van der Waals surface area contributed by atoms with E-state index in [-0.39, 0.29) is 12.1 Å². The summed E-state index contributed by atoms with van der Waals surface area (Å²) in [5, 5.41) is 1.10. The first-order valence-corrected chi connectivity index (χ1v) is 5.04. The summed E-state index contributed by atoms with van der Waals surface area (Å²) < 4.78 is 1.31. The van der Waals surface area contributed by atoms with Crippen molar-refractivity contribution in [2.75, 3.05) is 0 Å². The second kappa shape index (κ2) is 3.98. The van der Waals surface area contributed by atoms with Crippen LogP contribution in [0.2, 0.25) is 5.02 Å². The number of amides is 1. The molecule has 4 nitrogen and oxygen atoms in total. The van der Waals surface area contributed by atoms with Crippen molar-refractivity contribution < 1.29 is 4.79 Å². The number of carbonyl (C=O) groups is 1. The second-order valence-electron chi connectivity index (χ2n) is 3.40. The fourth-order valence-corrected chi connectivity index (χ4v) is 1.87. The van der Waals surface area contributed by atoms with Crippen LogP contribution in [-0.4, -0.2) is 10.5 Å². The smallest absolute Gasteiger partial charge is 0.252 e. The molecule has 0 aliphatic heterocycles. The Balaban J connectivity index is 2.81. The maximum Gasteiger partial charge on any atom is 0.252 e. The highest BCUT2D eigenvalue weighted by atomic mass is 35.5. The lowest BCUT2D eigenvalue weighted by molar-refractivity contribution is -0.118. The number of hydrogen-bond donors (Lipinski definition) is 1. The molecule has 5 heteroatoms. The van der Waals surface area contributed by atoms with Gasteiger partial charge in [0.15, 0.2) is 0 Å². The largest absolute Gasteiger partial charge is 0.368 e. The third-order valence-electron chi connectivity index (χ3n) is 2.28. The molecule has 16 heavy (non-hydrogen) atoms. The average molecular weight is 237 g/mol. The summed E-state index contributed by atoms with van der Waals surface area (Å²) in [6.07, 6.45) is 0. The molecule has 0 saturated carbocycles. The Morgan fingerprint density at radius 1 is 1.38 bits per heavy atom. The van der Waals surface area contributed by atoms with Gasteiger partial charge in [-0.15, -0.1) is 0 Å². The summed E-state index contributed by atoms with van der Waals surface area (Å²) in [7, 11) is 0. The number of carbonyl (C=O) groups excluding carboxylic acids is 1. The molecule has 2 rings (SSSR count). The number of primary amides is 1. The Morgan fingerprint density at radius 2 is 2.06 bits per heavy atom. The van der Waals surface area contributed by atoms with Gasteiger partial charge in [-0.1, -0.05) is 29.8 Å². The maximum absolute atomic E-state index is 11.7. The monoisotopic (exact) mass is 236 g/mol. The number of hydrogen-bond acceptors (Lipinski definition) is 2. The number of benzene rings is 1. The van der Waals surface area contributed by atoms with E-state index in [1.807, 2.05) is 6.07 Å². The molecule has 0 bridgehead atoms. The zero-order valence-corrected chi connectivity index (χ0v) is 9.07. The molecule has 1 aromatic carbocycles. The molecule has 2 aromatic rings. The summed E-state index contributed by atoms with van der Waals surface area (Å²) in [4.78, 5) is 22.5. The molecule has 0 radical (unpaired) electrons. The molecule has 0 fully saturated rings. The first-order valence-electron chi connectivity index (χ1n) is 4.66. The Kier molecular flexibility index (Phi) is 2.66. The van der Waals surface area contributed by atoms with Crippen LogP contribution in [0.3, 0.4) is 0 Å². The van der Waals surface area contributed by atoms with Gasteiger partial charge in [0, 0.05) is 11.5 Å². The third-order valence-corrected chi connectivity index (χ3v) is 2.60. The van der Waals surface area contributed by atoms with Gasteiger partial charge >= 0.3 is 0 Å². The standard InChI is InChI=1S/C11H9ClN2O2/c12-8-5-11(16)14(6-10(13)15)9-4-2-1-3-7(8)9/h1-5H,6H2,(H2,13,15). The number of halogens is 1. The van der Waals surface area contributed by atoms with Crippen molar-refractivity contribution in [2.24, 2.45) is 5.73 Å². The molecule has 1 aromatic heterocycles. The van der Waals surface area contributed by atoms with Crippen LogP contribution in [0.4, 0.5) is 0 Å². The zero-order chi connectivity index (χ0) is 11.7. The quantitative estimate of drug-likeness (QED) is 0.850. The summed E-state index contributed by atoms with van der Waals surface area (Å²) in [5.41, 5.74) is 5.37. The van der Waals surface area contributed by atoms with Crippen molar-refractivity contribution in [3.8, 4) is 0 Å². The van der Waals surface area contributed by atoms with Gasteiger partial charge in [0.25, 0.3) is 5.56 Å². The highest BCUT2D eigenvalue weighted by Crippen LogP contribution is 2.20. The van der Waals surface area contributed by atoms with Crippen LogP contribution < -0.4 is 11.3 Å². The number of para-hydroxylation sites is 1. The lowest BCUT2D eigenvalue weighted by Crippen LogP contribution is -2.27. The van der Waals surface area contributed by atoms with Crippen molar-refractivity contribution in [1.82, 2.24) is 4.57 Å². The van der Waals surface area contributed by atoms with E-state index in [1.54, 1.807) is 18.2 Å². The molecule has 0 spiro atoms. The molecule has 0 atom stereocenters. The number of nitrogens with two attached hydrogens (primary N) is 1. The molecule has 1 heterocycles. The summed E-state index contributed by atoms with van der Waals surface area (Å²) in [6, 6.07) is 8.38. The van der Waals surface area contributed by atoms with Crippen LogP contribution >= 0.6 is 11.6 Å². The SMILES string of the molecule is NC(=O)Cn1c(=O)cc(Cl)c2ccccc21. The van der Waals surface area contributed by atoms with Crippen molar-refractivity contribution in [3.05, 3.63) is 45.7 Å². The second-order valence-corrected chi connectivity index (χ2v) is 3.81. The Bertz CT molecular complexity index is 619. The van der Waals surface area contributed by atoms with E-state index in [4.69, 9.17) is 17.3 Å². The van der Waals surface area contributed by atoms with Gasteiger partial charge < -0.3 is 5.73 Å². The molecule has 0 saturated heterocycles.